The van der Waals surface area contributed by atoms with Gasteiger partial charge in [0.1, 0.15) is 0 Å². The second kappa shape index (κ2) is 8.24. The number of nitrogens with zero attached hydrogens (tertiary/aromatic N) is 1. The van der Waals surface area contributed by atoms with Crippen LogP contribution >= 0.6 is 0 Å². The van der Waals surface area contributed by atoms with Gasteiger partial charge in [0.25, 0.3) is 0 Å². The lowest BCUT2D eigenvalue weighted by atomic mass is 9.73. The number of alkyl halides is 3. The lowest BCUT2D eigenvalue weighted by Crippen LogP contribution is -2.57. The first-order valence-corrected chi connectivity index (χ1v) is 9.89. The van der Waals surface area contributed by atoms with E-state index in [-0.39, 0.29) is 12.8 Å². The van der Waals surface area contributed by atoms with Crippen molar-refractivity contribution < 1.29 is 32.2 Å². The van der Waals surface area contributed by atoms with Crippen LogP contribution in [0.5, 0.6) is 0 Å². The SMILES string of the molecule is COC(=O)C1(C(=O)OC)CCc2cc(C(F)(F)F)ccc2N2CCCCCCC21. The number of rotatable bonds is 2. The second-order valence-corrected chi connectivity index (χ2v) is 7.71. The normalized spacial score (nSPS) is 21.7. The highest BCUT2D eigenvalue weighted by Gasteiger charge is 2.57. The van der Waals surface area contributed by atoms with Crippen LogP contribution in [0.25, 0.3) is 0 Å². The monoisotopic (exact) mass is 413 g/mol. The topological polar surface area (TPSA) is 55.8 Å². The van der Waals surface area contributed by atoms with Gasteiger partial charge in [-0.15, -0.1) is 0 Å². The van der Waals surface area contributed by atoms with E-state index in [1.54, 1.807) is 0 Å². The number of esters is 2. The van der Waals surface area contributed by atoms with Crippen LogP contribution < -0.4 is 4.90 Å². The van der Waals surface area contributed by atoms with Crippen molar-refractivity contribution in [3.8, 4) is 0 Å². The molecule has 0 N–H and O–H groups in total. The van der Waals surface area contributed by atoms with Crippen LogP contribution in [0.1, 0.15) is 49.7 Å². The van der Waals surface area contributed by atoms with E-state index >= 15 is 0 Å². The maximum absolute atomic E-state index is 13.3. The number of aryl methyl sites for hydroxylation is 1. The van der Waals surface area contributed by atoms with Crippen molar-refractivity contribution in [1.82, 2.24) is 0 Å². The van der Waals surface area contributed by atoms with Crippen molar-refractivity contribution in [1.29, 1.82) is 0 Å². The van der Waals surface area contributed by atoms with Gasteiger partial charge in [-0.3, -0.25) is 9.59 Å². The van der Waals surface area contributed by atoms with E-state index in [1.165, 1.54) is 20.3 Å². The molecule has 1 saturated heterocycles. The van der Waals surface area contributed by atoms with Crippen molar-refractivity contribution in [2.24, 2.45) is 5.41 Å². The summed E-state index contributed by atoms with van der Waals surface area (Å²) in [6, 6.07) is 3.14. The number of ether oxygens (including phenoxy) is 2. The number of hydrogen-bond donors (Lipinski definition) is 0. The van der Waals surface area contributed by atoms with Crippen LogP contribution in [-0.4, -0.2) is 38.7 Å². The Balaban J connectivity index is 2.18. The molecule has 1 aromatic rings. The van der Waals surface area contributed by atoms with E-state index in [0.717, 1.165) is 37.8 Å². The number of carbonyl (C=O) groups is 2. The molecular weight excluding hydrogens is 387 g/mol. The van der Waals surface area contributed by atoms with Gasteiger partial charge in [0.05, 0.1) is 25.8 Å². The molecule has 0 bridgehead atoms. The Hall–Kier alpha value is -2.25. The second-order valence-electron chi connectivity index (χ2n) is 7.71. The molecule has 0 aromatic heterocycles. The minimum atomic E-state index is -4.46. The molecule has 5 nitrogen and oxygen atoms in total. The molecule has 0 spiro atoms. The number of hydrogen-bond acceptors (Lipinski definition) is 5. The molecule has 1 unspecified atom stereocenters. The van der Waals surface area contributed by atoms with Gasteiger partial charge in [-0.1, -0.05) is 19.3 Å². The molecule has 0 aliphatic carbocycles. The number of halogens is 3. The third-order valence-corrected chi connectivity index (χ3v) is 6.18. The fraction of sp³-hybridized carbons (Fsp3) is 0.619. The zero-order valence-electron chi connectivity index (χ0n) is 16.7. The van der Waals surface area contributed by atoms with Gasteiger partial charge < -0.3 is 14.4 Å². The van der Waals surface area contributed by atoms with Gasteiger partial charge in [-0.05, 0) is 49.4 Å². The summed E-state index contributed by atoms with van der Waals surface area (Å²) < 4.78 is 49.8. The number of anilines is 1. The van der Waals surface area contributed by atoms with E-state index in [0.29, 0.717) is 24.2 Å². The highest BCUT2D eigenvalue weighted by atomic mass is 19.4. The molecule has 2 aliphatic heterocycles. The van der Waals surface area contributed by atoms with Crippen molar-refractivity contribution in [3.63, 3.8) is 0 Å². The maximum Gasteiger partial charge on any atom is 0.416 e. The smallest absolute Gasteiger partial charge is 0.416 e. The highest BCUT2D eigenvalue weighted by Crippen LogP contribution is 2.45. The quantitative estimate of drug-likeness (QED) is 0.539. The number of benzene rings is 1. The first-order chi connectivity index (χ1) is 13.8. The molecule has 1 fully saturated rings. The van der Waals surface area contributed by atoms with Crippen LogP contribution in [0.2, 0.25) is 0 Å². The molecule has 3 rings (SSSR count). The predicted octanol–water partition coefficient (Wildman–Crippen LogP) is 4.12. The average Bonchev–Trinajstić information content (AvgIpc) is 2.80. The first-order valence-electron chi connectivity index (χ1n) is 9.89. The Morgan fingerprint density at radius 3 is 2.34 bits per heavy atom. The molecule has 29 heavy (non-hydrogen) atoms. The minimum absolute atomic E-state index is 0.0435. The summed E-state index contributed by atoms with van der Waals surface area (Å²) in [4.78, 5) is 27.8. The summed E-state index contributed by atoms with van der Waals surface area (Å²) in [6.07, 6.45) is -0.102. The fourth-order valence-corrected chi connectivity index (χ4v) is 4.75. The van der Waals surface area contributed by atoms with Crippen LogP contribution in [-0.2, 0) is 31.7 Å². The molecule has 0 saturated carbocycles. The third-order valence-electron chi connectivity index (χ3n) is 6.18. The standard InChI is InChI=1S/C21H26F3NO4/c1-28-18(26)20(19(27)29-2)11-10-14-13-15(21(22,23)24)8-9-16(14)25-12-6-4-3-5-7-17(20)25/h8-9,13,17H,3-7,10-12H2,1-2H3. The summed E-state index contributed by atoms with van der Waals surface area (Å²) in [5, 5.41) is 0. The van der Waals surface area contributed by atoms with Gasteiger partial charge in [0, 0.05) is 12.2 Å². The maximum atomic E-state index is 13.3. The molecule has 2 heterocycles. The molecule has 160 valence electrons. The van der Waals surface area contributed by atoms with Gasteiger partial charge in [0.2, 0.25) is 0 Å². The van der Waals surface area contributed by atoms with Crippen LogP contribution in [0.15, 0.2) is 18.2 Å². The zero-order valence-corrected chi connectivity index (χ0v) is 16.7. The Kier molecular flexibility index (Phi) is 6.10. The van der Waals surface area contributed by atoms with Crippen molar-refractivity contribution in [3.05, 3.63) is 29.3 Å². The van der Waals surface area contributed by atoms with E-state index in [1.807, 2.05) is 4.90 Å². The lowest BCUT2D eigenvalue weighted by Gasteiger charge is -2.43. The summed E-state index contributed by atoms with van der Waals surface area (Å²) in [7, 11) is 2.44. The van der Waals surface area contributed by atoms with Crippen LogP contribution in [0, 0.1) is 5.41 Å². The molecule has 0 amide bonds. The summed E-state index contributed by atoms with van der Waals surface area (Å²) >= 11 is 0. The van der Waals surface area contributed by atoms with Crippen molar-refractivity contribution in [2.75, 3.05) is 25.7 Å². The third kappa shape index (κ3) is 3.81. The molecule has 1 aromatic carbocycles. The van der Waals surface area contributed by atoms with Crippen molar-refractivity contribution in [2.45, 2.75) is 57.2 Å². The number of fused-ring (bicyclic) bond motifs is 3. The molecule has 1 atom stereocenters. The largest absolute Gasteiger partial charge is 0.468 e. The Morgan fingerprint density at radius 2 is 1.72 bits per heavy atom. The van der Waals surface area contributed by atoms with E-state index in [2.05, 4.69) is 0 Å². The molecule has 8 heteroatoms. The highest BCUT2D eigenvalue weighted by molar-refractivity contribution is 6.01. The Bertz CT molecular complexity index is 762. The van der Waals surface area contributed by atoms with Gasteiger partial charge in [0.15, 0.2) is 5.41 Å². The Labute approximate surface area is 168 Å². The van der Waals surface area contributed by atoms with E-state index in [9.17, 15) is 22.8 Å². The first kappa shape index (κ1) is 21.5. The van der Waals surface area contributed by atoms with E-state index in [4.69, 9.17) is 9.47 Å². The fourth-order valence-electron chi connectivity index (χ4n) is 4.75. The molecular formula is C21H26F3NO4. The summed E-state index contributed by atoms with van der Waals surface area (Å²) in [5.41, 5.74) is -1.17. The predicted molar refractivity (Wildman–Crippen MR) is 100 cm³/mol. The van der Waals surface area contributed by atoms with Crippen LogP contribution in [0.4, 0.5) is 18.9 Å². The van der Waals surface area contributed by atoms with Gasteiger partial charge >= 0.3 is 18.1 Å². The molecule has 0 radical (unpaired) electrons. The van der Waals surface area contributed by atoms with E-state index < -0.39 is 35.1 Å². The Morgan fingerprint density at radius 1 is 1.07 bits per heavy atom. The van der Waals surface area contributed by atoms with Gasteiger partial charge in [-0.25, -0.2) is 0 Å². The number of carbonyl (C=O) groups excluding carboxylic acids is 2. The van der Waals surface area contributed by atoms with Crippen molar-refractivity contribution >= 4 is 17.6 Å². The van der Waals surface area contributed by atoms with Crippen LogP contribution in [0.3, 0.4) is 0 Å². The molecule has 2 aliphatic rings. The number of methoxy groups -OCH3 is 2. The van der Waals surface area contributed by atoms with Gasteiger partial charge in [-0.2, -0.15) is 13.2 Å². The summed E-state index contributed by atoms with van der Waals surface area (Å²) in [6.45, 7) is 0.554. The lowest BCUT2D eigenvalue weighted by molar-refractivity contribution is -0.172. The zero-order chi connectivity index (χ0) is 21.2. The summed E-state index contributed by atoms with van der Waals surface area (Å²) in [5.74, 6) is -1.38. The average molecular weight is 413 g/mol. The minimum Gasteiger partial charge on any atom is -0.468 e.